The lowest BCUT2D eigenvalue weighted by molar-refractivity contribution is -0.302. The zero-order chi connectivity index (χ0) is 67.9. The molecule has 0 aromatic rings. The number of rotatable bonds is 75. The Hall–Kier alpha value is -1.86. The fourth-order valence-electron chi connectivity index (χ4n) is 13.6. The summed E-state index contributed by atoms with van der Waals surface area (Å²) in [6.07, 6.45) is 83.8. The molecule has 1 amide bonds. The molecule has 0 bridgehead atoms. The molecule has 0 aromatic heterocycles. The number of esters is 1. The van der Waals surface area contributed by atoms with Gasteiger partial charge < -0.3 is 45.1 Å². The molecule has 1 heterocycles. The fraction of sp³-hybridized carbons (Fsp3) is 0.928. The van der Waals surface area contributed by atoms with Crippen LogP contribution in [0.4, 0.5) is 0 Å². The van der Waals surface area contributed by atoms with Crippen molar-refractivity contribution in [2.45, 2.75) is 474 Å². The van der Waals surface area contributed by atoms with E-state index < -0.39 is 49.5 Å². The maximum absolute atomic E-state index is 13.1. The molecule has 0 spiro atoms. The molecule has 1 saturated heterocycles. The fourth-order valence-corrected chi connectivity index (χ4v) is 13.6. The molecule has 94 heavy (non-hydrogen) atoms. The molecule has 1 rings (SSSR count). The van der Waals surface area contributed by atoms with E-state index in [4.69, 9.17) is 14.2 Å². The zero-order valence-corrected chi connectivity index (χ0v) is 62.2. The average molecular weight is 1330 g/mol. The van der Waals surface area contributed by atoms with Crippen molar-refractivity contribution in [2.24, 2.45) is 0 Å². The number of aliphatic hydroxyl groups is 5. The summed E-state index contributed by atoms with van der Waals surface area (Å²) in [5.41, 5.74) is 0. The summed E-state index contributed by atoms with van der Waals surface area (Å²) in [6, 6.07) is -0.804. The van der Waals surface area contributed by atoms with Crippen molar-refractivity contribution in [2.75, 3.05) is 19.8 Å². The number of nitrogens with one attached hydrogen (secondary N) is 1. The van der Waals surface area contributed by atoms with Crippen LogP contribution in [0.3, 0.4) is 0 Å². The van der Waals surface area contributed by atoms with Crippen LogP contribution >= 0.6 is 0 Å². The van der Waals surface area contributed by atoms with Gasteiger partial charge in [-0.25, -0.2) is 0 Å². The minimum Gasteiger partial charge on any atom is -0.466 e. The highest BCUT2D eigenvalue weighted by Gasteiger charge is 2.44. The first-order valence-electron chi connectivity index (χ1n) is 41.6. The highest BCUT2D eigenvalue weighted by molar-refractivity contribution is 5.76. The van der Waals surface area contributed by atoms with Crippen LogP contribution < -0.4 is 5.32 Å². The van der Waals surface area contributed by atoms with Gasteiger partial charge in [-0.15, -0.1) is 0 Å². The molecule has 0 radical (unpaired) electrons. The van der Waals surface area contributed by atoms with Crippen LogP contribution in [0.15, 0.2) is 24.3 Å². The first-order chi connectivity index (χ1) is 46.2. The van der Waals surface area contributed by atoms with Gasteiger partial charge in [0.1, 0.15) is 24.4 Å². The molecule has 6 N–H and O–H groups in total. The number of ether oxygens (including phenoxy) is 3. The van der Waals surface area contributed by atoms with E-state index in [0.29, 0.717) is 19.4 Å². The number of amides is 1. The molecule has 11 heteroatoms. The lowest BCUT2D eigenvalue weighted by atomic mass is 9.99. The van der Waals surface area contributed by atoms with Crippen LogP contribution in [-0.2, 0) is 23.8 Å². The Balaban J connectivity index is 1.84. The van der Waals surface area contributed by atoms with E-state index in [1.165, 1.54) is 347 Å². The number of unbranched alkanes of at least 4 members (excludes halogenated alkanes) is 59. The number of aliphatic hydroxyl groups excluding tert-OH is 5. The molecule has 7 atom stereocenters. The van der Waals surface area contributed by atoms with Crippen molar-refractivity contribution < 1.29 is 49.3 Å². The molecule has 0 saturated carbocycles. The molecule has 556 valence electrons. The van der Waals surface area contributed by atoms with Gasteiger partial charge in [0.25, 0.3) is 0 Å². The summed E-state index contributed by atoms with van der Waals surface area (Å²) in [6.45, 7) is 4.39. The van der Waals surface area contributed by atoms with Gasteiger partial charge in [-0.3, -0.25) is 9.59 Å². The lowest BCUT2D eigenvalue weighted by Crippen LogP contribution is -2.60. The monoisotopic (exact) mass is 1330 g/mol. The summed E-state index contributed by atoms with van der Waals surface area (Å²) in [7, 11) is 0. The third-order valence-corrected chi connectivity index (χ3v) is 20.1. The number of hydrogen-bond donors (Lipinski definition) is 6. The van der Waals surface area contributed by atoms with Crippen LogP contribution in [0.1, 0.15) is 431 Å². The molecule has 0 aliphatic carbocycles. The van der Waals surface area contributed by atoms with Gasteiger partial charge in [0.15, 0.2) is 6.29 Å². The molecule has 7 unspecified atom stereocenters. The Bertz CT molecular complexity index is 1610. The van der Waals surface area contributed by atoms with E-state index in [0.717, 1.165) is 57.8 Å². The largest absolute Gasteiger partial charge is 0.466 e. The Labute approximate surface area is 581 Å². The minimum atomic E-state index is -1.57. The highest BCUT2D eigenvalue weighted by atomic mass is 16.7. The quantitative estimate of drug-likeness (QED) is 0.0195. The van der Waals surface area contributed by atoms with Gasteiger partial charge >= 0.3 is 5.97 Å². The van der Waals surface area contributed by atoms with Crippen LogP contribution in [0.2, 0.25) is 0 Å². The predicted octanol–water partition coefficient (Wildman–Crippen LogP) is 22.7. The van der Waals surface area contributed by atoms with E-state index in [1.54, 1.807) is 6.08 Å². The lowest BCUT2D eigenvalue weighted by Gasteiger charge is -2.40. The van der Waals surface area contributed by atoms with E-state index in [-0.39, 0.29) is 18.5 Å². The van der Waals surface area contributed by atoms with E-state index in [9.17, 15) is 35.1 Å². The third kappa shape index (κ3) is 60.1. The first kappa shape index (κ1) is 90.2. The van der Waals surface area contributed by atoms with Crippen molar-refractivity contribution in [3.8, 4) is 0 Å². The van der Waals surface area contributed by atoms with Gasteiger partial charge in [-0.05, 0) is 57.8 Å². The minimum absolute atomic E-state index is 0.0119. The topological polar surface area (TPSA) is 175 Å². The summed E-state index contributed by atoms with van der Waals surface area (Å²) >= 11 is 0. The van der Waals surface area contributed by atoms with E-state index in [2.05, 4.69) is 31.3 Å². The molecular formula is C83H159NO10. The average Bonchev–Trinajstić information content (AvgIpc) is 0.905. The number of hydrogen-bond acceptors (Lipinski definition) is 10. The maximum atomic E-state index is 13.1. The van der Waals surface area contributed by atoms with Crippen LogP contribution in [-0.4, -0.2) is 100 Å². The summed E-state index contributed by atoms with van der Waals surface area (Å²) in [5.74, 6) is -0.162. The molecule has 1 aliphatic heterocycles. The van der Waals surface area contributed by atoms with Crippen molar-refractivity contribution in [3.63, 3.8) is 0 Å². The Morgan fingerprint density at radius 3 is 1.02 bits per heavy atom. The molecule has 1 aliphatic rings. The SMILES string of the molecule is CCCCCCCCC/C=C\CCCCCCCC(=O)OCCCCCCCCCCCCCCCCCCCCCCCCCCCCCCCCCCCCCCCCCC(=O)NC(COC1OC(CO)C(O)C(O)C1O)C(O)/C=C/CCCCCCCCCCC. The second-order valence-electron chi connectivity index (χ2n) is 29.2. The third-order valence-electron chi connectivity index (χ3n) is 20.1. The maximum Gasteiger partial charge on any atom is 0.305 e. The van der Waals surface area contributed by atoms with Crippen molar-refractivity contribution in [1.82, 2.24) is 5.32 Å². The second-order valence-corrected chi connectivity index (χ2v) is 29.2. The van der Waals surface area contributed by atoms with Crippen LogP contribution in [0.25, 0.3) is 0 Å². The summed E-state index contributed by atoms with van der Waals surface area (Å²) < 4.78 is 16.8. The smallest absolute Gasteiger partial charge is 0.305 e. The molecule has 0 aromatic carbocycles. The van der Waals surface area contributed by atoms with Gasteiger partial charge in [-0.1, -0.05) is 385 Å². The Kier molecular flexibility index (Phi) is 69.4. The summed E-state index contributed by atoms with van der Waals surface area (Å²) in [4.78, 5) is 25.2. The zero-order valence-electron chi connectivity index (χ0n) is 62.2. The second kappa shape index (κ2) is 72.4. The van der Waals surface area contributed by atoms with Gasteiger partial charge in [-0.2, -0.15) is 0 Å². The number of carbonyl (C=O) groups excluding carboxylic acids is 2. The first-order valence-corrected chi connectivity index (χ1v) is 41.6. The van der Waals surface area contributed by atoms with Crippen LogP contribution in [0, 0.1) is 0 Å². The highest BCUT2D eigenvalue weighted by Crippen LogP contribution is 2.24. The van der Waals surface area contributed by atoms with E-state index in [1.807, 2.05) is 6.08 Å². The molecule has 1 fully saturated rings. The standard InChI is InChI=1S/C83H159NO10/c1-3-5-7-9-11-13-15-16-17-44-47-51-55-59-63-67-71-79(88)92-72-68-64-60-56-52-48-45-42-40-38-36-34-32-30-28-26-24-22-20-18-19-21-23-25-27-29-31-33-35-37-39-41-43-46-50-54-58-62-66-70-78(87)84-75(74-93-83-82(91)81(90)80(89)77(73-85)94-83)76(86)69-65-61-57-53-49-14-12-10-8-6-4-2/h17,44,65,69,75-77,80-83,85-86,89-91H,3-16,18-43,45-64,66-68,70-74H2,1-2H3,(H,84,87)/b44-17-,69-65+. The number of carbonyl (C=O) groups is 2. The molecular weight excluding hydrogens is 1170 g/mol. The normalized spacial score (nSPS) is 17.5. The van der Waals surface area contributed by atoms with E-state index >= 15 is 0 Å². The number of allylic oxidation sites excluding steroid dienone is 3. The Morgan fingerprint density at radius 1 is 0.383 bits per heavy atom. The van der Waals surface area contributed by atoms with Gasteiger partial charge in [0.2, 0.25) is 5.91 Å². The van der Waals surface area contributed by atoms with Gasteiger partial charge in [0.05, 0.1) is 32.0 Å². The summed E-state index contributed by atoms with van der Waals surface area (Å²) in [5, 5.41) is 54.5. The van der Waals surface area contributed by atoms with Crippen molar-refractivity contribution >= 4 is 11.9 Å². The molecule has 11 nitrogen and oxygen atoms in total. The Morgan fingerprint density at radius 2 is 0.681 bits per heavy atom. The van der Waals surface area contributed by atoms with Crippen LogP contribution in [0.5, 0.6) is 0 Å². The van der Waals surface area contributed by atoms with Crippen molar-refractivity contribution in [1.29, 1.82) is 0 Å². The van der Waals surface area contributed by atoms with Gasteiger partial charge in [0, 0.05) is 12.8 Å². The predicted molar refractivity (Wildman–Crippen MR) is 398 cm³/mol. The van der Waals surface area contributed by atoms with Crippen molar-refractivity contribution in [3.05, 3.63) is 24.3 Å².